The van der Waals surface area contributed by atoms with E-state index in [9.17, 15) is 0 Å². The first-order valence-corrected chi connectivity index (χ1v) is 14.2. The van der Waals surface area contributed by atoms with Gasteiger partial charge < -0.3 is 0 Å². The smallest absolute Gasteiger partial charge is 0.0362 e. The summed E-state index contributed by atoms with van der Waals surface area (Å²) in [7, 11) is 0. The van der Waals surface area contributed by atoms with Crippen molar-refractivity contribution < 1.29 is 0 Å². The predicted octanol–water partition coefficient (Wildman–Crippen LogP) is 11.4. The van der Waals surface area contributed by atoms with Crippen molar-refractivity contribution in [3.63, 3.8) is 0 Å². The fourth-order valence-corrected chi connectivity index (χ4v) is 7.36. The third kappa shape index (κ3) is 3.44. The number of benzene rings is 7. The topological polar surface area (TPSA) is 0 Å². The highest BCUT2D eigenvalue weighted by molar-refractivity contribution is 7.26. The lowest BCUT2D eigenvalue weighted by molar-refractivity contribution is 1.64. The summed E-state index contributed by atoms with van der Waals surface area (Å²) in [5.74, 6) is 0. The van der Waals surface area contributed by atoms with Crippen LogP contribution in [0.2, 0.25) is 0 Å². The van der Waals surface area contributed by atoms with E-state index in [-0.39, 0.29) is 0 Å². The van der Waals surface area contributed by atoms with Crippen LogP contribution in [0.5, 0.6) is 0 Å². The second-order valence-electron chi connectivity index (χ2n) is 10.0. The second-order valence-corrected chi connectivity index (χ2v) is 11.1. The van der Waals surface area contributed by atoms with E-state index in [0.29, 0.717) is 0 Å². The van der Waals surface area contributed by atoms with Gasteiger partial charge in [0.25, 0.3) is 0 Å². The third-order valence-electron chi connectivity index (χ3n) is 7.87. The van der Waals surface area contributed by atoms with Gasteiger partial charge in [0.1, 0.15) is 0 Å². The Hall–Kier alpha value is -4.72. The highest BCUT2D eigenvalue weighted by Gasteiger charge is 2.22. The van der Waals surface area contributed by atoms with Gasteiger partial charge in [0.2, 0.25) is 0 Å². The fraction of sp³-hybridized carbons (Fsp3) is 0. The summed E-state index contributed by atoms with van der Waals surface area (Å²) >= 11 is 1.89. The van der Waals surface area contributed by atoms with Gasteiger partial charge in [0, 0.05) is 25.7 Å². The van der Waals surface area contributed by atoms with Crippen molar-refractivity contribution in [3.05, 3.63) is 146 Å². The van der Waals surface area contributed by atoms with Crippen LogP contribution in [0.15, 0.2) is 146 Å². The molecule has 0 aliphatic heterocycles. The summed E-state index contributed by atoms with van der Waals surface area (Å²) in [6, 6.07) is 53.1. The van der Waals surface area contributed by atoms with Gasteiger partial charge in [-0.25, -0.2) is 0 Å². The maximum absolute atomic E-state index is 2.33. The normalized spacial score (nSPS) is 11.6. The molecule has 0 radical (unpaired) electrons. The molecule has 0 nitrogen and oxygen atoms in total. The molecule has 0 spiro atoms. The molecule has 1 heteroatoms. The summed E-state index contributed by atoms with van der Waals surface area (Å²) < 4.78 is 2.65. The molecule has 0 aliphatic rings. The van der Waals surface area contributed by atoms with Gasteiger partial charge in [-0.15, -0.1) is 11.3 Å². The van der Waals surface area contributed by atoms with E-state index >= 15 is 0 Å². The first kappa shape index (κ1) is 22.3. The molecule has 182 valence electrons. The standard InChI is InChI=1S/C38H24S/c1-3-13-25(14-4-1)27-23-24-34-37(32-21-11-12-22-33(32)39-34)38(27)36-30-19-9-7-17-28(30)35(26-15-5-2-6-16-26)29-18-8-10-20-31(29)36/h1-24H. The van der Waals surface area contributed by atoms with E-state index in [1.54, 1.807) is 0 Å². The zero-order chi connectivity index (χ0) is 25.8. The van der Waals surface area contributed by atoms with Crippen LogP contribution < -0.4 is 0 Å². The zero-order valence-electron chi connectivity index (χ0n) is 21.3. The summed E-state index contributed by atoms with van der Waals surface area (Å²) in [6.07, 6.45) is 0. The maximum atomic E-state index is 2.33. The van der Waals surface area contributed by atoms with Gasteiger partial charge in [0.05, 0.1) is 0 Å². The van der Waals surface area contributed by atoms with Gasteiger partial charge in [-0.2, -0.15) is 0 Å². The maximum Gasteiger partial charge on any atom is 0.0362 e. The lowest BCUT2D eigenvalue weighted by atomic mass is 9.82. The van der Waals surface area contributed by atoms with Gasteiger partial charge in [-0.3, -0.25) is 0 Å². The summed E-state index contributed by atoms with van der Waals surface area (Å²) in [5, 5.41) is 7.82. The number of fused-ring (bicyclic) bond motifs is 5. The molecule has 0 amide bonds. The Balaban J connectivity index is 1.63. The monoisotopic (exact) mass is 512 g/mol. The van der Waals surface area contributed by atoms with Crippen molar-refractivity contribution in [2.24, 2.45) is 0 Å². The molecule has 0 atom stereocenters. The van der Waals surface area contributed by atoms with Crippen molar-refractivity contribution >= 4 is 53.1 Å². The predicted molar refractivity (Wildman–Crippen MR) is 171 cm³/mol. The number of hydrogen-bond donors (Lipinski definition) is 0. The van der Waals surface area contributed by atoms with Crippen molar-refractivity contribution in [2.75, 3.05) is 0 Å². The van der Waals surface area contributed by atoms with Gasteiger partial charge >= 0.3 is 0 Å². The molecule has 0 N–H and O–H groups in total. The van der Waals surface area contributed by atoms with Crippen LogP contribution in [0.1, 0.15) is 0 Å². The second kappa shape index (κ2) is 8.94. The van der Waals surface area contributed by atoms with Gasteiger partial charge in [0.15, 0.2) is 0 Å². The SMILES string of the molecule is c1ccc(-c2ccc3sc4ccccc4c3c2-c2c3ccccc3c(-c3ccccc3)c3ccccc23)cc1. The van der Waals surface area contributed by atoms with Crippen LogP contribution in [0.4, 0.5) is 0 Å². The molecule has 7 aromatic carbocycles. The Morgan fingerprint density at radius 2 is 0.795 bits per heavy atom. The molecule has 0 saturated heterocycles. The highest BCUT2D eigenvalue weighted by atomic mass is 32.1. The summed E-state index contributed by atoms with van der Waals surface area (Å²) in [5.41, 5.74) is 7.70. The van der Waals surface area contributed by atoms with E-state index in [1.165, 1.54) is 75.1 Å². The Bertz CT molecular complexity index is 2090. The minimum absolute atomic E-state index is 1.24. The summed E-state index contributed by atoms with van der Waals surface area (Å²) in [4.78, 5) is 0. The Morgan fingerprint density at radius 1 is 0.308 bits per heavy atom. The van der Waals surface area contributed by atoms with E-state index in [2.05, 4.69) is 146 Å². The molecular weight excluding hydrogens is 488 g/mol. The lowest BCUT2D eigenvalue weighted by Crippen LogP contribution is -1.93. The van der Waals surface area contributed by atoms with Crippen LogP contribution >= 0.6 is 11.3 Å². The lowest BCUT2D eigenvalue weighted by Gasteiger charge is -2.20. The van der Waals surface area contributed by atoms with Crippen LogP contribution in [0.3, 0.4) is 0 Å². The van der Waals surface area contributed by atoms with E-state index < -0.39 is 0 Å². The molecule has 0 bridgehead atoms. The molecule has 0 aliphatic carbocycles. The van der Waals surface area contributed by atoms with E-state index in [0.717, 1.165) is 0 Å². The van der Waals surface area contributed by atoms with Gasteiger partial charge in [-0.05, 0) is 61.5 Å². The quantitative estimate of drug-likeness (QED) is 0.207. The average Bonchev–Trinajstić information content (AvgIpc) is 3.39. The first-order chi connectivity index (χ1) is 19.4. The third-order valence-corrected chi connectivity index (χ3v) is 9.01. The molecule has 8 aromatic rings. The van der Waals surface area contributed by atoms with Crippen LogP contribution in [-0.4, -0.2) is 0 Å². The fourth-order valence-electron chi connectivity index (χ4n) is 6.25. The Labute approximate surface area is 231 Å². The molecule has 1 heterocycles. The average molecular weight is 513 g/mol. The number of rotatable bonds is 3. The van der Waals surface area contributed by atoms with E-state index in [1.807, 2.05) is 11.3 Å². The molecular formula is C38H24S. The Kier molecular flexibility index (Phi) is 5.11. The number of thiophene rings is 1. The van der Waals surface area contributed by atoms with Crippen molar-refractivity contribution in [1.29, 1.82) is 0 Å². The molecule has 0 fully saturated rings. The first-order valence-electron chi connectivity index (χ1n) is 13.4. The molecule has 0 unspecified atom stereocenters. The summed E-state index contributed by atoms with van der Waals surface area (Å²) in [6.45, 7) is 0. The molecule has 1 aromatic heterocycles. The van der Waals surface area contributed by atoms with Crippen LogP contribution in [0.25, 0.3) is 75.1 Å². The largest absolute Gasteiger partial charge is 0.135 e. The van der Waals surface area contributed by atoms with E-state index in [4.69, 9.17) is 0 Å². The van der Waals surface area contributed by atoms with Crippen molar-refractivity contribution in [1.82, 2.24) is 0 Å². The van der Waals surface area contributed by atoms with Crippen molar-refractivity contribution in [3.8, 4) is 33.4 Å². The molecule has 8 rings (SSSR count). The zero-order valence-corrected chi connectivity index (χ0v) is 22.1. The minimum Gasteiger partial charge on any atom is -0.135 e. The molecule has 39 heavy (non-hydrogen) atoms. The minimum atomic E-state index is 1.24. The van der Waals surface area contributed by atoms with Gasteiger partial charge in [-0.1, -0.05) is 133 Å². The van der Waals surface area contributed by atoms with Crippen molar-refractivity contribution in [2.45, 2.75) is 0 Å². The van der Waals surface area contributed by atoms with Crippen LogP contribution in [0, 0.1) is 0 Å². The highest BCUT2D eigenvalue weighted by Crippen LogP contribution is 2.50. The number of hydrogen-bond acceptors (Lipinski definition) is 1. The Morgan fingerprint density at radius 3 is 1.41 bits per heavy atom. The molecule has 0 saturated carbocycles. The van der Waals surface area contributed by atoms with Crippen LogP contribution in [-0.2, 0) is 0 Å².